The summed E-state index contributed by atoms with van der Waals surface area (Å²) in [7, 11) is 0. The Kier molecular flexibility index (Phi) is 2.52. The van der Waals surface area contributed by atoms with E-state index in [1.165, 1.54) is 35.1 Å². The van der Waals surface area contributed by atoms with Gasteiger partial charge in [0.25, 0.3) is 0 Å². The monoisotopic (exact) mass is 238 g/mol. The van der Waals surface area contributed by atoms with Gasteiger partial charge in [-0.3, -0.25) is 0 Å². The van der Waals surface area contributed by atoms with E-state index in [4.69, 9.17) is 0 Å². The van der Waals surface area contributed by atoms with Crippen LogP contribution in [-0.4, -0.2) is 0 Å². The Balaban J connectivity index is 2.20. The minimum Gasteiger partial charge on any atom is -0.0836 e. The predicted octanol–water partition coefficient (Wildman–Crippen LogP) is 5.20. The Hall–Kier alpha value is -1.30. The van der Waals surface area contributed by atoms with E-state index in [-0.39, 0.29) is 5.41 Å². The average Bonchev–Trinajstić information content (AvgIpc) is 2.59. The molecule has 0 radical (unpaired) electrons. The predicted molar refractivity (Wildman–Crippen MR) is 78.9 cm³/mol. The van der Waals surface area contributed by atoms with Gasteiger partial charge >= 0.3 is 0 Å². The normalized spacial score (nSPS) is 20.3. The van der Waals surface area contributed by atoms with Gasteiger partial charge in [0, 0.05) is 5.41 Å². The third kappa shape index (κ3) is 1.51. The van der Waals surface area contributed by atoms with Crippen LogP contribution in [0.15, 0.2) is 35.9 Å². The summed E-state index contributed by atoms with van der Waals surface area (Å²) in [5, 5.41) is 0. The van der Waals surface area contributed by atoms with Crippen molar-refractivity contribution in [3.05, 3.63) is 52.6 Å². The molecule has 0 aromatic heterocycles. The summed E-state index contributed by atoms with van der Waals surface area (Å²) >= 11 is 0. The second-order valence-corrected chi connectivity index (χ2v) is 6.42. The first kappa shape index (κ1) is 11.8. The van der Waals surface area contributed by atoms with Gasteiger partial charge in [-0.15, -0.1) is 0 Å². The van der Waals surface area contributed by atoms with Crippen molar-refractivity contribution >= 4 is 5.57 Å². The van der Waals surface area contributed by atoms with Gasteiger partial charge in [-0.25, -0.2) is 0 Å². The molecule has 0 unspecified atom stereocenters. The van der Waals surface area contributed by atoms with Crippen LogP contribution in [0.5, 0.6) is 0 Å². The van der Waals surface area contributed by atoms with E-state index in [1.807, 2.05) is 0 Å². The van der Waals surface area contributed by atoms with Crippen molar-refractivity contribution in [1.29, 1.82) is 0 Å². The highest BCUT2D eigenvalue weighted by atomic mass is 14.4. The standard InChI is InChI=1S/C18H22/c1-12(2)13-9-10-15-14-7-5-6-8-16(14)18(3,4)17(15)11-13/h5,7,9-12H,6,8H2,1-4H3. The van der Waals surface area contributed by atoms with Gasteiger partial charge in [0.15, 0.2) is 0 Å². The fraction of sp³-hybridized carbons (Fsp3) is 0.444. The van der Waals surface area contributed by atoms with E-state index in [0.717, 1.165) is 0 Å². The second kappa shape index (κ2) is 3.85. The molecule has 2 aliphatic rings. The summed E-state index contributed by atoms with van der Waals surface area (Å²) in [5.41, 5.74) is 7.82. The topological polar surface area (TPSA) is 0 Å². The van der Waals surface area contributed by atoms with Crippen LogP contribution in [0, 0.1) is 0 Å². The van der Waals surface area contributed by atoms with E-state index < -0.39 is 0 Å². The molecule has 0 heterocycles. The Bertz CT molecular complexity index is 553. The van der Waals surface area contributed by atoms with E-state index in [2.05, 4.69) is 58.0 Å². The molecule has 0 amide bonds. The maximum atomic E-state index is 2.44. The van der Waals surface area contributed by atoms with Crippen LogP contribution in [0.4, 0.5) is 0 Å². The first-order chi connectivity index (χ1) is 8.51. The molecule has 0 saturated heterocycles. The molecule has 1 aromatic carbocycles. The van der Waals surface area contributed by atoms with E-state index in [0.29, 0.717) is 5.92 Å². The van der Waals surface area contributed by atoms with Crippen LogP contribution in [0.3, 0.4) is 0 Å². The molecule has 0 fully saturated rings. The lowest BCUT2D eigenvalue weighted by Crippen LogP contribution is -2.18. The van der Waals surface area contributed by atoms with Crippen LogP contribution in [-0.2, 0) is 5.41 Å². The lowest BCUT2D eigenvalue weighted by atomic mass is 9.78. The maximum absolute atomic E-state index is 2.44. The number of fused-ring (bicyclic) bond motifs is 2. The van der Waals surface area contributed by atoms with Crippen molar-refractivity contribution in [3.63, 3.8) is 0 Å². The number of allylic oxidation sites excluding steroid dienone is 4. The van der Waals surface area contributed by atoms with Crippen LogP contribution in [0.1, 0.15) is 63.1 Å². The lowest BCUT2D eigenvalue weighted by Gasteiger charge is -2.26. The van der Waals surface area contributed by atoms with Gasteiger partial charge in [-0.05, 0) is 41.0 Å². The Morgan fingerprint density at radius 3 is 2.67 bits per heavy atom. The first-order valence-electron chi connectivity index (χ1n) is 7.07. The smallest absolute Gasteiger partial charge is 0.0121 e. The van der Waals surface area contributed by atoms with Crippen molar-refractivity contribution in [2.75, 3.05) is 0 Å². The minimum atomic E-state index is 0.223. The molecule has 2 aliphatic carbocycles. The molecule has 0 spiro atoms. The van der Waals surface area contributed by atoms with Crippen molar-refractivity contribution in [2.24, 2.45) is 0 Å². The molecule has 0 heteroatoms. The summed E-state index contributed by atoms with van der Waals surface area (Å²) in [5.74, 6) is 0.610. The zero-order valence-corrected chi connectivity index (χ0v) is 11.9. The van der Waals surface area contributed by atoms with Crippen molar-refractivity contribution in [2.45, 2.75) is 51.9 Å². The molecule has 0 aliphatic heterocycles. The highest BCUT2D eigenvalue weighted by molar-refractivity contribution is 5.86. The summed E-state index contributed by atoms with van der Waals surface area (Å²) in [6, 6.07) is 7.08. The van der Waals surface area contributed by atoms with Crippen molar-refractivity contribution in [3.8, 4) is 0 Å². The molecule has 0 atom stereocenters. The molecule has 0 N–H and O–H groups in total. The lowest BCUT2D eigenvalue weighted by molar-refractivity contribution is 0.606. The number of rotatable bonds is 1. The van der Waals surface area contributed by atoms with Crippen molar-refractivity contribution in [1.82, 2.24) is 0 Å². The summed E-state index contributed by atoms with van der Waals surface area (Å²) < 4.78 is 0. The second-order valence-electron chi connectivity index (χ2n) is 6.42. The quantitative estimate of drug-likeness (QED) is 0.630. The van der Waals surface area contributed by atoms with Crippen molar-refractivity contribution < 1.29 is 0 Å². The molecule has 0 bridgehead atoms. The SMILES string of the molecule is CC(C)c1ccc2c(c1)C(C)(C)C1=C2C=CCC1. The highest BCUT2D eigenvalue weighted by Crippen LogP contribution is 2.50. The Morgan fingerprint density at radius 1 is 1.17 bits per heavy atom. The summed E-state index contributed by atoms with van der Waals surface area (Å²) in [6.45, 7) is 9.32. The summed E-state index contributed by atoms with van der Waals surface area (Å²) in [4.78, 5) is 0. The number of hydrogen-bond donors (Lipinski definition) is 0. The molecule has 0 saturated carbocycles. The van der Waals surface area contributed by atoms with Gasteiger partial charge in [-0.2, -0.15) is 0 Å². The van der Waals surface area contributed by atoms with Gasteiger partial charge in [0.05, 0.1) is 0 Å². The third-order valence-electron chi connectivity index (χ3n) is 4.60. The van der Waals surface area contributed by atoms with Crippen LogP contribution in [0.2, 0.25) is 0 Å². The molecule has 18 heavy (non-hydrogen) atoms. The van der Waals surface area contributed by atoms with E-state index in [9.17, 15) is 0 Å². The first-order valence-corrected chi connectivity index (χ1v) is 7.07. The molecule has 1 aromatic rings. The van der Waals surface area contributed by atoms with Gasteiger partial charge < -0.3 is 0 Å². The van der Waals surface area contributed by atoms with Gasteiger partial charge in [0.2, 0.25) is 0 Å². The third-order valence-corrected chi connectivity index (χ3v) is 4.60. The maximum Gasteiger partial charge on any atom is 0.0121 e. The molecule has 94 valence electrons. The fourth-order valence-electron chi connectivity index (χ4n) is 3.40. The van der Waals surface area contributed by atoms with Crippen LogP contribution < -0.4 is 0 Å². The fourth-order valence-corrected chi connectivity index (χ4v) is 3.40. The molecular formula is C18H22. The largest absolute Gasteiger partial charge is 0.0836 e. The number of hydrogen-bond acceptors (Lipinski definition) is 0. The molecule has 0 nitrogen and oxygen atoms in total. The van der Waals surface area contributed by atoms with E-state index >= 15 is 0 Å². The molecule has 3 rings (SSSR count). The van der Waals surface area contributed by atoms with Gasteiger partial charge in [0.1, 0.15) is 0 Å². The Morgan fingerprint density at radius 2 is 1.94 bits per heavy atom. The molecular weight excluding hydrogens is 216 g/mol. The van der Waals surface area contributed by atoms with Crippen LogP contribution in [0.25, 0.3) is 5.57 Å². The highest BCUT2D eigenvalue weighted by Gasteiger charge is 2.37. The minimum absolute atomic E-state index is 0.223. The summed E-state index contributed by atoms with van der Waals surface area (Å²) in [6.07, 6.45) is 7.08. The van der Waals surface area contributed by atoms with Gasteiger partial charge in [-0.1, -0.05) is 63.6 Å². The Labute approximate surface area is 110 Å². The number of benzene rings is 1. The van der Waals surface area contributed by atoms with E-state index in [1.54, 1.807) is 5.57 Å². The van der Waals surface area contributed by atoms with Crippen LogP contribution >= 0.6 is 0 Å². The zero-order chi connectivity index (χ0) is 12.9. The zero-order valence-electron chi connectivity index (χ0n) is 11.9. The average molecular weight is 238 g/mol.